The Labute approximate surface area is 146 Å². The van der Waals surface area contributed by atoms with Gasteiger partial charge in [-0.1, -0.05) is 36.4 Å². The molecule has 3 rings (SSSR count). The molecular formula is C20H21NO4. The van der Waals surface area contributed by atoms with Crippen LogP contribution in [0.15, 0.2) is 42.5 Å². The van der Waals surface area contributed by atoms with Gasteiger partial charge in [0.2, 0.25) is 5.91 Å². The van der Waals surface area contributed by atoms with E-state index in [1.54, 1.807) is 6.07 Å². The summed E-state index contributed by atoms with van der Waals surface area (Å²) < 4.78 is 5.57. The topological polar surface area (TPSA) is 75.6 Å². The van der Waals surface area contributed by atoms with Gasteiger partial charge in [-0.15, -0.1) is 0 Å². The van der Waals surface area contributed by atoms with Crippen molar-refractivity contribution in [3.63, 3.8) is 0 Å². The Morgan fingerprint density at radius 2 is 1.92 bits per heavy atom. The Balaban J connectivity index is 1.85. The molecule has 0 bridgehead atoms. The first-order valence-corrected chi connectivity index (χ1v) is 8.29. The van der Waals surface area contributed by atoms with Gasteiger partial charge in [0.1, 0.15) is 5.75 Å². The molecule has 0 saturated carbocycles. The van der Waals surface area contributed by atoms with Crippen molar-refractivity contribution >= 4 is 11.9 Å². The molecule has 25 heavy (non-hydrogen) atoms. The van der Waals surface area contributed by atoms with E-state index >= 15 is 0 Å². The second-order valence-electron chi connectivity index (χ2n) is 6.35. The SMILES string of the molecule is Cc1ccc(C(NC(=O)C2CCOc3ccccc32)C(=O)O)cc1C. The minimum absolute atomic E-state index is 0.290. The highest BCUT2D eigenvalue weighted by Gasteiger charge is 2.31. The molecule has 2 aromatic rings. The second-order valence-corrected chi connectivity index (χ2v) is 6.35. The predicted molar refractivity (Wildman–Crippen MR) is 93.7 cm³/mol. The van der Waals surface area contributed by atoms with Crippen molar-refractivity contribution in [2.75, 3.05) is 6.61 Å². The number of ether oxygens (including phenoxy) is 1. The number of carboxylic acid groups (broad SMARTS) is 1. The average Bonchev–Trinajstić information content (AvgIpc) is 2.61. The molecule has 5 heteroatoms. The van der Waals surface area contributed by atoms with Gasteiger partial charge in [-0.3, -0.25) is 4.79 Å². The first kappa shape index (κ1) is 17.0. The van der Waals surface area contributed by atoms with Gasteiger partial charge in [-0.25, -0.2) is 4.79 Å². The fraction of sp³-hybridized carbons (Fsp3) is 0.300. The number of fused-ring (bicyclic) bond motifs is 1. The largest absolute Gasteiger partial charge is 0.493 e. The fourth-order valence-electron chi connectivity index (χ4n) is 3.09. The number of benzene rings is 2. The zero-order valence-corrected chi connectivity index (χ0v) is 14.3. The van der Waals surface area contributed by atoms with Gasteiger partial charge in [0, 0.05) is 5.56 Å². The molecule has 2 atom stereocenters. The highest BCUT2D eigenvalue weighted by atomic mass is 16.5. The van der Waals surface area contributed by atoms with Gasteiger partial charge < -0.3 is 15.2 Å². The van der Waals surface area contributed by atoms with E-state index in [-0.39, 0.29) is 5.91 Å². The third-order valence-electron chi connectivity index (χ3n) is 4.67. The van der Waals surface area contributed by atoms with Gasteiger partial charge in [-0.05, 0) is 43.0 Å². The molecular weight excluding hydrogens is 318 g/mol. The number of aryl methyl sites for hydroxylation is 2. The first-order chi connectivity index (χ1) is 12.0. The lowest BCUT2D eigenvalue weighted by Gasteiger charge is -2.26. The third kappa shape index (κ3) is 3.50. The van der Waals surface area contributed by atoms with E-state index in [0.717, 1.165) is 16.7 Å². The van der Waals surface area contributed by atoms with E-state index < -0.39 is 17.9 Å². The van der Waals surface area contributed by atoms with Gasteiger partial charge in [0.05, 0.1) is 12.5 Å². The van der Waals surface area contributed by atoms with Crippen molar-refractivity contribution in [1.29, 1.82) is 0 Å². The molecule has 130 valence electrons. The number of hydrogen-bond acceptors (Lipinski definition) is 3. The fourth-order valence-corrected chi connectivity index (χ4v) is 3.09. The number of para-hydroxylation sites is 1. The normalized spacial score (nSPS) is 17.1. The van der Waals surface area contributed by atoms with Crippen LogP contribution in [-0.4, -0.2) is 23.6 Å². The minimum atomic E-state index is -1.07. The standard InChI is InChI=1S/C20H21NO4/c1-12-7-8-14(11-13(12)2)18(20(23)24)21-19(22)16-9-10-25-17-6-4-3-5-15(16)17/h3-8,11,16,18H,9-10H2,1-2H3,(H,21,22)(H,23,24). The van der Waals surface area contributed by atoms with Crippen LogP contribution < -0.4 is 10.1 Å². The van der Waals surface area contributed by atoms with Crippen LogP contribution in [0, 0.1) is 13.8 Å². The first-order valence-electron chi connectivity index (χ1n) is 8.29. The van der Waals surface area contributed by atoms with Crippen LogP contribution in [0.5, 0.6) is 5.75 Å². The zero-order valence-electron chi connectivity index (χ0n) is 14.3. The molecule has 2 unspecified atom stereocenters. The molecule has 0 saturated heterocycles. The van der Waals surface area contributed by atoms with Crippen LogP contribution in [0.3, 0.4) is 0 Å². The van der Waals surface area contributed by atoms with E-state index in [1.165, 1.54) is 0 Å². The molecule has 0 aliphatic carbocycles. The summed E-state index contributed by atoms with van der Waals surface area (Å²) in [6.45, 7) is 4.33. The summed E-state index contributed by atoms with van der Waals surface area (Å²) >= 11 is 0. The average molecular weight is 339 g/mol. The molecule has 1 amide bonds. The van der Waals surface area contributed by atoms with Gasteiger partial charge >= 0.3 is 5.97 Å². The maximum atomic E-state index is 12.8. The summed E-state index contributed by atoms with van der Waals surface area (Å²) in [5, 5.41) is 12.3. The Morgan fingerprint density at radius 3 is 2.64 bits per heavy atom. The summed E-state index contributed by atoms with van der Waals surface area (Å²) in [5.74, 6) is -1.08. The van der Waals surface area contributed by atoms with E-state index in [4.69, 9.17) is 4.74 Å². The Morgan fingerprint density at radius 1 is 1.16 bits per heavy atom. The molecule has 1 aliphatic heterocycles. The summed E-state index contributed by atoms with van der Waals surface area (Å²) in [5.41, 5.74) is 3.45. The highest BCUT2D eigenvalue weighted by Crippen LogP contribution is 2.34. The maximum Gasteiger partial charge on any atom is 0.330 e. The number of rotatable bonds is 4. The second kappa shape index (κ2) is 6.97. The Bertz CT molecular complexity index is 815. The summed E-state index contributed by atoms with van der Waals surface area (Å²) in [4.78, 5) is 24.5. The van der Waals surface area contributed by atoms with Gasteiger partial charge in [-0.2, -0.15) is 0 Å². The molecule has 2 N–H and O–H groups in total. The van der Waals surface area contributed by atoms with Crippen LogP contribution in [0.25, 0.3) is 0 Å². The predicted octanol–water partition coefficient (Wildman–Crippen LogP) is 3.11. The number of aliphatic carboxylic acids is 1. The lowest BCUT2D eigenvalue weighted by atomic mass is 9.91. The van der Waals surface area contributed by atoms with Crippen LogP contribution in [0.1, 0.15) is 40.6 Å². The van der Waals surface area contributed by atoms with E-state index in [2.05, 4.69) is 5.32 Å². The molecule has 0 aromatic heterocycles. The van der Waals surface area contributed by atoms with Gasteiger partial charge in [0.15, 0.2) is 6.04 Å². The molecule has 0 fully saturated rings. The maximum absolute atomic E-state index is 12.8. The smallest absolute Gasteiger partial charge is 0.330 e. The van der Waals surface area contributed by atoms with Crippen LogP contribution in [0.2, 0.25) is 0 Å². The third-order valence-corrected chi connectivity index (χ3v) is 4.67. The number of amides is 1. The van der Waals surface area contributed by atoms with Crippen molar-refractivity contribution in [2.24, 2.45) is 0 Å². The van der Waals surface area contributed by atoms with Gasteiger partial charge in [0.25, 0.3) is 0 Å². The number of carbonyl (C=O) groups is 2. The lowest BCUT2D eigenvalue weighted by Crippen LogP contribution is -2.38. The van der Waals surface area contributed by atoms with Crippen molar-refractivity contribution in [2.45, 2.75) is 32.2 Å². The Hall–Kier alpha value is -2.82. The van der Waals surface area contributed by atoms with E-state index in [9.17, 15) is 14.7 Å². The molecule has 1 heterocycles. The zero-order chi connectivity index (χ0) is 18.0. The minimum Gasteiger partial charge on any atom is -0.493 e. The molecule has 0 spiro atoms. The molecule has 1 aliphatic rings. The Kier molecular flexibility index (Phi) is 4.74. The number of hydrogen-bond donors (Lipinski definition) is 2. The number of nitrogens with one attached hydrogen (secondary N) is 1. The quantitative estimate of drug-likeness (QED) is 0.897. The van der Waals surface area contributed by atoms with Crippen molar-refractivity contribution < 1.29 is 19.4 Å². The lowest BCUT2D eigenvalue weighted by molar-refractivity contribution is -0.142. The summed E-state index contributed by atoms with van der Waals surface area (Å²) in [6, 6.07) is 11.8. The van der Waals surface area contributed by atoms with Crippen LogP contribution in [0.4, 0.5) is 0 Å². The highest BCUT2D eigenvalue weighted by molar-refractivity contribution is 5.89. The monoisotopic (exact) mass is 339 g/mol. The molecule has 2 aromatic carbocycles. The van der Waals surface area contributed by atoms with E-state index in [1.807, 2.05) is 50.2 Å². The summed E-state index contributed by atoms with van der Waals surface area (Å²) in [6.07, 6.45) is 0.530. The number of carboxylic acids is 1. The van der Waals surface area contributed by atoms with Crippen LogP contribution >= 0.6 is 0 Å². The molecule has 0 radical (unpaired) electrons. The van der Waals surface area contributed by atoms with E-state index in [0.29, 0.717) is 24.3 Å². The van der Waals surface area contributed by atoms with Crippen molar-refractivity contribution in [3.8, 4) is 5.75 Å². The van der Waals surface area contributed by atoms with Crippen molar-refractivity contribution in [3.05, 3.63) is 64.7 Å². The summed E-state index contributed by atoms with van der Waals surface area (Å²) in [7, 11) is 0. The number of carbonyl (C=O) groups excluding carboxylic acids is 1. The molecule has 5 nitrogen and oxygen atoms in total. The van der Waals surface area contributed by atoms with Crippen molar-refractivity contribution in [1.82, 2.24) is 5.32 Å². The van der Waals surface area contributed by atoms with Crippen LogP contribution in [-0.2, 0) is 9.59 Å².